The average Bonchev–Trinajstić information content (AvgIpc) is 2.94. The standard InChI is InChI=1S/C21H22Cl2N2O3/c22-17-7-8-19(18(23)14-17)28-15-21(27)25-10-4-9-24(11-12-25)20(26)13-16-5-2-1-3-6-16/h1-3,5-8,14H,4,9-13,15H2. The van der Waals surface area contributed by atoms with Crippen LogP contribution in [0.15, 0.2) is 48.5 Å². The number of amides is 2. The van der Waals surface area contributed by atoms with Crippen molar-refractivity contribution in [1.82, 2.24) is 9.80 Å². The summed E-state index contributed by atoms with van der Waals surface area (Å²) in [4.78, 5) is 28.6. The van der Waals surface area contributed by atoms with Gasteiger partial charge in [0.25, 0.3) is 5.91 Å². The van der Waals surface area contributed by atoms with Gasteiger partial charge in [-0.2, -0.15) is 0 Å². The third-order valence-corrected chi connectivity index (χ3v) is 5.18. The molecule has 1 saturated heterocycles. The Bertz CT molecular complexity index is 830. The Hall–Kier alpha value is -2.24. The molecule has 2 aromatic carbocycles. The summed E-state index contributed by atoms with van der Waals surface area (Å²) in [5, 5.41) is 0.880. The van der Waals surface area contributed by atoms with E-state index in [1.807, 2.05) is 35.2 Å². The van der Waals surface area contributed by atoms with E-state index in [9.17, 15) is 9.59 Å². The van der Waals surface area contributed by atoms with Crippen molar-refractivity contribution in [2.45, 2.75) is 12.8 Å². The molecular formula is C21H22Cl2N2O3. The van der Waals surface area contributed by atoms with Crippen LogP contribution in [0, 0.1) is 0 Å². The molecule has 3 rings (SSSR count). The number of rotatable bonds is 5. The summed E-state index contributed by atoms with van der Waals surface area (Å²) in [6.07, 6.45) is 1.13. The highest BCUT2D eigenvalue weighted by Gasteiger charge is 2.22. The Balaban J connectivity index is 1.50. The van der Waals surface area contributed by atoms with Crippen molar-refractivity contribution in [3.63, 3.8) is 0 Å². The smallest absolute Gasteiger partial charge is 0.260 e. The first-order valence-corrected chi connectivity index (χ1v) is 9.96. The summed E-state index contributed by atoms with van der Waals surface area (Å²) in [7, 11) is 0. The van der Waals surface area contributed by atoms with Gasteiger partial charge in [-0.15, -0.1) is 0 Å². The van der Waals surface area contributed by atoms with E-state index in [1.165, 1.54) is 0 Å². The number of ether oxygens (including phenoxy) is 1. The Morgan fingerprint density at radius 3 is 2.25 bits per heavy atom. The van der Waals surface area contributed by atoms with Crippen LogP contribution in [0.3, 0.4) is 0 Å². The second-order valence-electron chi connectivity index (χ2n) is 6.64. The van der Waals surface area contributed by atoms with Gasteiger partial charge in [0.15, 0.2) is 6.61 Å². The fraction of sp³-hybridized carbons (Fsp3) is 0.333. The van der Waals surface area contributed by atoms with Gasteiger partial charge in [-0.1, -0.05) is 53.5 Å². The number of carbonyl (C=O) groups is 2. The molecule has 0 spiro atoms. The van der Waals surface area contributed by atoms with Crippen LogP contribution in [0.25, 0.3) is 0 Å². The fourth-order valence-electron chi connectivity index (χ4n) is 3.12. The SMILES string of the molecule is O=C(COc1ccc(Cl)cc1Cl)N1CCCN(C(=O)Cc2ccccc2)CC1. The number of hydrogen-bond acceptors (Lipinski definition) is 3. The van der Waals surface area contributed by atoms with Crippen molar-refractivity contribution >= 4 is 35.0 Å². The molecule has 7 heteroatoms. The Kier molecular flexibility index (Phi) is 7.18. The Morgan fingerprint density at radius 2 is 1.57 bits per heavy atom. The first kappa shape index (κ1) is 20.5. The largest absolute Gasteiger partial charge is 0.482 e. The molecule has 0 atom stereocenters. The predicted octanol–water partition coefficient (Wildman–Crippen LogP) is 3.68. The highest BCUT2D eigenvalue weighted by atomic mass is 35.5. The van der Waals surface area contributed by atoms with Gasteiger partial charge in [-0.25, -0.2) is 0 Å². The van der Waals surface area contributed by atoms with Crippen LogP contribution < -0.4 is 4.74 Å². The van der Waals surface area contributed by atoms with Gasteiger partial charge in [0, 0.05) is 31.2 Å². The topological polar surface area (TPSA) is 49.9 Å². The summed E-state index contributed by atoms with van der Waals surface area (Å²) in [5.74, 6) is 0.391. The average molecular weight is 421 g/mol. The van der Waals surface area contributed by atoms with Crippen molar-refractivity contribution < 1.29 is 14.3 Å². The molecule has 0 unspecified atom stereocenters. The van der Waals surface area contributed by atoms with Gasteiger partial charge in [0.05, 0.1) is 11.4 Å². The molecule has 0 saturated carbocycles. The summed E-state index contributed by atoms with van der Waals surface area (Å²) in [5.41, 5.74) is 0.998. The van der Waals surface area contributed by atoms with Crippen LogP contribution in [-0.2, 0) is 16.0 Å². The Morgan fingerprint density at radius 1 is 0.893 bits per heavy atom. The lowest BCUT2D eigenvalue weighted by Gasteiger charge is -2.22. The van der Waals surface area contributed by atoms with Gasteiger partial charge in [0.2, 0.25) is 5.91 Å². The summed E-state index contributed by atoms with van der Waals surface area (Å²) in [6, 6.07) is 14.6. The van der Waals surface area contributed by atoms with Crippen molar-refractivity contribution in [2.24, 2.45) is 0 Å². The highest BCUT2D eigenvalue weighted by Crippen LogP contribution is 2.27. The zero-order valence-electron chi connectivity index (χ0n) is 15.4. The number of nitrogens with zero attached hydrogens (tertiary/aromatic N) is 2. The fourth-order valence-corrected chi connectivity index (χ4v) is 3.58. The van der Waals surface area contributed by atoms with E-state index in [0.29, 0.717) is 48.4 Å². The van der Waals surface area contributed by atoms with Gasteiger partial charge >= 0.3 is 0 Å². The molecule has 5 nitrogen and oxygen atoms in total. The van der Waals surface area contributed by atoms with Gasteiger partial charge < -0.3 is 14.5 Å². The van der Waals surface area contributed by atoms with E-state index >= 15 is 0 Å². The van der Waals surface area contributed by atoms with Crippen LogP contribution in [0.5, 0.6) is 5.75 Å². The molecule has 0 bridgehead atoms. The van der Waals surface area contributed by atoms with Crippen LogP contribution in [0.4, 0.5) is 0 Å². The molecule has 2 aromatic rings. The minimum Gasteiger partial charge on any atom is -0.482 e. The van der Waals surface area contributed by atoms with E-state index in [2.05, 4.69) is 0 Å². The normalized spacial score (nSPS) is 14.5. The molecule has 28 heavy (non-hydrogen) atoms. The maximum absolute atomic E-state index is 12.5. The lowest BCUT2D eigenvalue weighted by Crippen LogP contribution is -2.39. The predicted molar refractivity (Wildman–Crippen MR) is 110 cm³/mol. The van der Waals surface area contributed by atoms with Crippen LogP contribution >= 0.6 is 23.2 Å². The van der Waals surface area contributed by atoms with Crippen molar-refractivity contribution in [2.75, 3.05) is 32.8 Å². The molecule has 148 valence electrons. The second-order valence-corrected chi connectivity index (χ2v) is 7.48. The van der Waals surface area contributed by atoms with Crippen molar-refractivity contribution in [3.05, 3.63) is 64.1 Å². The van der Waals surface area contributed by atoms with E-state index < -0.39 is 0 Å². The summed E-state index contributed by atoms with van der Waals surface area (Å²) in [6.45, 7) is 2.18. The summed E-state index contributed by atoms with van der Waals surface area (Å²) < 4.78 is 5.54. The molecule has 0 aliphatic carbocycles. The van der Waals surface area contributed by atoms with E-state index in [1.54, 1.807) is 23.1 Å². The minimum atomic E-state index is -0.122. The molecule has 0 aromatic heterocycles. The number of halogens is 2. The highest BCUT2D eigenvalue weighted by molar-refractivity contribution is 6.35. The maximum Gasteiger partial charge on any atom is 0.260 e. The molecule has 2 amide bonds. The molecule has 1 heterocycles. The quantitative estimate of drug-likeness (QED) is 0.740. The third kappa shape index (κ3) is 5.63. The lowest BCUT2D eigenvalue weighted by molar-refractivity contribution is -0.134. The number of hydrogen-bond donors (Lipinski definition) is 0. The van der Waals surface area contributed by atoms with Crippen molar-refractivity contribution in [3.8, 4) is 5.75 Å². The zero-order chi connectivity index (χ0) is 19.9. The van der Waals surface area contributed by atoms with Gasteiger partial charge in [-0.05, 0) is 30.2 Å². The van der Waals surface area contributed by atoms with E-state index in [4.69, 9.17) is 27.9 Å². The number of carbonyl (C=O) groups excluding carboxylic acids is 2. The first-order valence-electron chi connectivity index (χ1n) is 9.20. The minimum absolute atomic E-state index is 0.0877. The van der Waals surface area contributed by atoms with Crippen LogP contribution in [0.1, 0.15) is 12.0 Å². The molecule has 1 fully saturated rings. The molecule has 1 aliphatic heterocycles. The van der Waals surface area contributed by atoms with Gasteiger partial charge in [0.1, 0.15) is 5.75 Å². The second kappa shape index (κ2) is 9.80. The van der Waals surface area contributed by atoms with Gasteiger partial charge in [-0.3, -0.25) is 9.59 Å². The summed E-state index contributed by atoms with van der Waals surface area (Å²) >= 11 is 11.9. The van der Waals surface area contributed by atoms with Crippen LogP contribution in [-0.4, -0.2) is 54.4 Å². The van der Waals surface area contributed by atoms with Crippen LogP contribution in [0.2, 0.25) is 10.0 Å². The maximum atomic E-state index is 12.5. The molecule has 0 N–H and O–H groups in total. The Labute approximate surface area is 174 Å². The zero-order valence-corrected chi connectivity index (χ0v) is 17.0. The lowest BCUT2D eigenvalue weighted by atomic mass is 10.1. The van der Waals surface area contributed by atoms with E-state index in [-0.39, 0.29) is 18.4 Å². The molecule has 0 radical (unpaired) electrons. The monoisotopic (exact) mass is 420 g/mol. The molecule has 1 aliphatic rings. The molecular weight excluding hydrogens is 399 g/mol. The third-order valence-electron chi connectivity index (χ3n) is 4.64. The van der Waals surface area contributed by atoms with Crippen molar-refractivity contribution in [1.29, 1.82) is 0 Å². The number of benzene rings is 2. The first-order chi connectivity index (χ1) is 13.5. The van der Waals surface area contributed by atoms with E-state index in [0.717, 1.165) is 12.0 Å².